The largest absolute Gasteiger partial charge is 0.345 e. The van der Waals surface area contributed by atoms with E-state index in [4.69, 9.17) is 0 Å². The van der Waals surface area contributed by atoms with Gasteiger partial charge in [0.15, 0.2) is 0 Å². The topological polar surface area (TPSA) is 29.1 Å². The number of nitrogens with one attached hydrogen (secondary N) is 1. The monoisotopic (exact) mass is 317 g/mol. The predicted octanol–water partition coefficient (Wildman–Crippen LogP) is 4.25. The van der Waals surface area contributed by atoms with Gasteiger partial charge < -0.3 is 5.32 Å². The van der Waals surface area contributed by atoms with E-state index in [-0.39, 0.29) is 11.9 Å². The molecule has 1 N–H and O–H groups in total. The fourth-order valence-corrected chi connectivity index (χ4v) is 2.34. The van der Waals surface area contributed by atoms with Crippen LogP contribution in [0.4, 0.5) is 0 Å². The predicted molar refractivity (Wildman–Crippen MR) is 81.2 cm³/mol. The molecule has 0 fully saturated rings. The van der Waals surface area contributed by atoms with Crippen molar-refractivity contribution in [3.8, 4) is 0 Å². The molecule has 0 unspecified atom stereocenters. The lowest BCUT2D eigenvalue weighted by Gasteiger charge is -2.15. The Labute approximate surface area is 122 Å². The molecule has 0 aliphatic carbocycles. The minimum Gasteiger partial charge on any atom is -0.345 e. The van der Waals surface area contributed by atoms with E-state index in [9.17, 15) is 4.79 Å². The number of hydrogen-bond donors (Lipinski definition) is 1. The highest BCUT2D eigenvalue weighted by Gasteiger charge is 2.13. The number of aryl methyl sites for hydroxylation is 1. The molecule has 98 valence electrons. The van der Waals surface area contributed by atoms with Crippen LogP contribution in [0.1, 0.15) is 34.5 Å². The van der Waals surface area contributed by atoms with Gasteiger partial charge in [0.2, 0.25) is 0 Å². The Kier molecular flexibility index (Phi) is 4.38. The quantitative estimate of drug-likeness (QED) is 0.901. The molecule has 0 aliphatic heterocycles. The van der Waals surface area contributed by atoms with Crippen molar-refractivity contribution < 1.29 is 4.79 Å². The minimum atomic E-state index is -0.0630. The summed E-state index contributed by atoms with van der Waals surface area (Å²) in [6.07, 6.45) is 0. The lowest BCUT2D eigenvalue weighted by Crippen LogP contribution is -2.27. The summed E-state index contributed by atoms with van der Waals surface area (Å²) in [6.45, 7) is 3.96. The van der Waals surface area contributed by atoms with Crippen molar-refractivity contribution in [2.45, 2.75) is 19.9 Å². The van der Waals surface area contributed by atoms with Gasteiger partial charge in [-0.1, -0.05) is 42.0 Å². The highest BCUT2D eigenvalue weighted by atomic mass is 79.9. The Morgan fingerprint density at radius 2 is 1.84 bits per heavy atom. The third-order valence-electron chi connectivity index (χ3n) is 3.01. The number of amides is 1. The van der Waals surface area contributed by atoms with Gasteiger partial charge in [0, 0.05) is 4.47 Å². The van der Waals surface area contributed by atoms with Crippen molar-refractivity contribution in [1.82, 2.24) is 5.32 Å². The summed E-state index contributed by atoms with van der Waals surface area (Å²) in [6, 6.07) is 15.7. The lowest BCUT2D eigenvalue weighted by molar-refractivity contribution is 0.0939. The van der Waals surface area contributed by atoms with Gasteiger partial charge in [-0.05, 0) is 47.5 Å². The van der Waals surface area contributed by atoms with Crippen molar-refractivity contribution in [2.24, 2.45) is 0 Å². The zero-order valence-corrected chi connectivity index (χ0v) is 12.6. The molecule has 0 bridgehead atoms. The molecular weight excluding hydrogens is 302 g/mol. The highest BCUT2D eigenvalue weighted by Crippen LogP contribution is 2.19. The maximum Gasteiger partial charge on any atom is 0.252 e. The van der Waals surface area contributed by atoms with Gasteiger partial charge in [0.25, 0.3) is 5.91 Å². The summed E-state index contributed by atoms with van der Waals surface area (Å²) >= 11 is 3.42. The zero-order valence-electron chi connectivity index (χ0n) is 11.0. The van der Waals surface area contributed by atoms with Crippen molar-refractivity contribution >= 4 is 21.8 Å². The zero-order chi connectivity index (χ0) is 13.8. The number of rotatable bonds is 3. The average molecular weight is 318 g/mol. The molecule has 2 aromatic rings. The van der Waals surface area contributed by atoms with E-state index < -0.39 is 0 Å². The maximum atomic E-state index is 12.3. The number of benzene rings is 2. The molecule has 0 saturated heterocycles. The second-order valence-corrected chi connectivity index (χ2v) is 5.44. The highest BCUT2D eigenvalue weighted by molar-refractivity contribution is 9.10. The molecule has 0 saturated carbocycles. The van der Waals surface area contributed by atoms with Crippen molar-refractivity contribution in [1.29, 1.82) is 0 Å². The summed E-state index contributed by atoms with van der Waals surface area (Å²) < 4.78 is 0.816. The number of carbonyl (C=O) groups excluding carboxylic acids is 1. The fraction of sp³-hybridized carbons (Fsp3) is 0.188. The van der Waals surface area contributed by atoms with Crippen molar-refractivity contribution in [3.05, 3.63) is 69.7 Å². The second-order valence-electron chi connectivity index (χ2n) is 4.59. The van der Waals surface area contributed by atoms with Crippen LogP contribution in [0, 0.1) is 6.92 Å². The SMILES string of the molecule is Cc1ccc(Br)c(C(=O)N[C@H](C)c2ccccc2)c1. The van der Waals surface area contributed by atoms with Gasteiger partial charge in [-0.15, -0.1) is 0 Å². The second kappa shape index (κ2) is 6.02. The van der Waals surface area contributed by atoms with E-state index in [1.54, 1.807) is 0 Å². The first-order chi connectivity index (χ1) is 9.08. The van der Waals surface area contributed by atoms with E-state index >= 15 is 0 Å². The molecule has 3 heteroatoms. The van der Waals surface area contributed by atoms with E-state index in [0.717, 1.165) is 15.6 Å². The molecule has 1 amide bonds. The van der Waals surface area contributed by atoms with Crippen molar-refractivity contribution in [3.63, 3.8) is 0 Å². The summed E-state index contributed by atoms with van der Waals surface area (Å²) in [5.74, 6) is -0.0630. The molecule has 0 radical (unpaired) electrons. The van der Waals surface area contributed by atoms with Crippen molar-refractivity contribution in [2.75, 3.05) is 0 Å². The van der Waals surface area contributed by atoms with Gasteiger partial charge in [-0.25, -0.2) is 0 Å². The van der Waals surface area contributed by atoms with Gasteiger partial charge in [0.1, 0.15) is 0 Å². The van der Waals surface area contributed by atoms with Crippen LogP contribution in [0.25, 0.3) is 0 Å². The van der Waals surface area contributed by atoms with E-state index in [1.165, 1.54) is 0 Å². The van der Waals surface area contributed by atoms with E-state index in [1.807, 2.05) is 62.4 Å². The Balaban J connectivity index is 2.15. The van der Waals surface area contributed by atoms with Crippen LogP contribution in [0.5, 0.6) is 0 Å². The lowest BCUT2D eigenvalue weighted by atomic mass is 10.1. The Bertz CT molecular complexity index is 581. The molecule has 2 rings (SSSR count). The Morgan fingerprint density at radius 1 is 1.16 bits per heavy atom. The van der Waals surface area contributed by atoms with Gasteiger partial charge in [-0.3, -0.25) is 4.79 Å². The third kappa shape index (κ3) is 3.44. The standard InChI is InChI=1S/C16H16BrNO/c1-11-8-9-15(17)14(10-11)16(19)18-12(2)13-6-4-3-5-7-13/h3-10,12H,1-2H3,(H,18,19)/t12-/m1/s1. The van der Waals surface area contributed by atoms with Crippen LogP contribution < -0.4 is 5.32 Å². The normalized spacial score (nSPS) is 11.9. The molecular formula is C16H16BrNO. The first-order valence-electron chi connectivity index (χ1n) is 6.20. The molecule has 0 spiro atoms. The summed E-state index contributed by atoms with van der Waals surface area (Å²) in [5, 5.41) is 3.01. The van der Waals surface area contributed by atoms with Gasteiger partial charge in [-0.2, -0.15) is 0 Å². The number of hydrogen-bond acceptors (Lipinski definition) is 1. The molecule has 2 aromatic carbocycles. The third-order valence-corrected chi connectivity index (χ3v) is 3.71. The fourth-order valence-electron chi connectivity index (χ4n) is 1.91. The Hall–Kier alpha value is -1.61. The molecule has 1 atom stereocenters. The Morgan fingerprint density at radius 3 is 2.53 bits per heavy atom. The minimum absolute atomic E-state index is 0.0129. The molecule has 0 heterocycles. The van der Waals surface area contributed by atoms with Gasteiger partial charge in [0.05, 0.1) is 11.6 Å². The van der Waals surface area contributed by atoms with E-state index in [2.05, 4.69) is 21.2 Å². The number of carbonyl (C=O) groups is 1. The van der Waals surface area contributed by atoms with Crippen LogP contribution >= 0.6 is 15.9 Å². The summed E-state index contributed by atoms with van der Waals surface area (Å²) in [5.41, 5.74) is 2.84. The van der Waals surface area contributed by atoms with Gasteiger partial charge >= 0.3 is 0 Å². The molecule has 19 heavy (non-hydrogen) atoms. The summed E-state index contributed by atoms with van der Waals surface area (Å²) in [7, 11) is 0. The van der Waals surface area contributed by atoms with Crippen LogP contribution in [0.2, 0.25) is 0 Å². The first kappa shape index (κ1) is 13.8. The molecule has 0 aliphatic rings. The number of halogens is 1. The van der Waals surface area contributed by atoms with Crippen LogP contribution in [-0.2, 0) is 0 Å². The van der Waals surface area contributed by atoms with Crippen LogP contribution in [-0.4, -0.2) is 5.91 Å². The maximum absolute atomic E-state index is 12.3. The summed E-state index contributed by atoms with van der Waals surface area (Å²) in [4.78, 5) is 12.3. The average Bonchev–Trinajstić information content (AvgIpc) is 2.42. The first-order valence-corrected chi connectivity index (χ1v) is 6.99. The van der Waals surface area contributed by atoms with Crippen LogP contribution in [0.3, 0.4) is 0 Å². The molecule has 2 nitrogen and oxygen atoms in total. The smallest absolute Gasteiger partial charge is 0.252 e. The van der Waals surface area contributed by atoms with Crippen LogP contribution in [0.15, 0.2) is 53.0 Å². The molecule has 0 aromatic heterocycles. The van der Waals surface area contributed by atoms with E-state index in [0.29, 0.717) is 5.56 Å².